The summed E-state index contributed by atoms with van der Waals surface area (Å²) in [5.74, 6) is -1.31. The fourth-order valence-electron chi connectivity index (χ4n) is 6.55. The largest absolute Gasteiger partial charge is 0.465 e. The molecule has 1 spiro atoms. The summed E-state index contributed by atoms with van der Waals surface area (Å²) >= 11 is 1.70. The molecule has 3 aliphatic heterocycles. The van der Waals surface area contributed by atoms with Gasteiger partial charge in [0.05, 0.1) is 23.2 Å². The molecule has 3 fully saturated rings. The van der Waals surface area contributed by atoms with Gasteiger partial charge < -0.3 is 19.6 Å². The molecule has 3 rings (SSSR count). The van der Waals surface area contributed by atoms with Gasteiger partial charge in [0.1, 0.15) is 6.04 Å². The lowest BCUT2D eigenvalue weighted by atomic mass is 9.66. The van der Waals surface area contributed by atoms with E-state index in [0.29, 0.717) is 39.1 Å². The lowest BCUT2D eigenvalue weighted by Crippen LogP contribution is -2.57. The molecule has 7 nitrogen and oxygen atoms in total. The number of thioether (sulfide) groups is 1. The number of hydrogen-bond acceptors (Lipinski definition) is 6. The molecule has 2 amide bonds. The molecule has 0 aromatic rings. The summed E-state index contributed by atoms with van der Waals surface area (Å²) in [7, 11) is 0. The van der Waals surface area contributed by atoms with Gasteiger partial charge in [0, 0.05) is 31.5 Å². The molecule has 3 heterocycles. The van der Waals surface area contributed by atoms with Crippen LogP contribution in [0.4, 0.5) is 0 Å². The molecule has 2 bridgehead atoms. The molecule has 3 saturated heterocycles. The first-order valence-corrected chi connectivity index (χ1v) is 15.0. The topological polar surface area (TPSA) is 87.1 Å². The van der Waals surface area contributed by atoms with Gasteiger partial charge in [-0.05, 0) is 50.9 Å². The second kappa shape index (κ2) is 13.8. The molecule has 3 unspecified atom stereocenters. The second-order valence-electron chi connectivity index (χ2n) is 10.7. The highest BCUT2D eigenvalue weighted by Crippen LogP contribution is 2.68. The average Bonchev–Trinajstić information content (AvgIpc) is 3.47. The number of carbonyl (C=O) groups excluding carboxylic acids is 3. The van der Waals surface area contributed by atoms with Crippen LogP contribution in [0, 0.1) is 17.8 Å². The van der Waals surface area contributed by atoms with Crippen LogP contribution in [-0.4, -0.2) is 81.6 Å². The van der Waals surface area contributed by atoms with Crippen LogP contribution in [0.1, 0.15) is 71.6 Å². The monoisotopic (exact) mass is 534 g/mol. The van der Waals surface area contributed by atoms with Crippen molar-refractivity contribution >= 4 is 29.5 Å². The maximum atomic E-state index is 14.3. The number of likely N-dealkylation sites (tertiary alicyclic amines) is 1. The van der Waals surface area contributed by atoms with Crippen LogP contribution in [0.5, 0.6) is 0 Å². The Bertz CT molecular complexity index is 835. The zero-order chi connectivity index (χ0) is 27.0. The molecule has 1 N–H and O–H groups in total. The Kier molecular flexibility index (Phi) is 11.1. The summed E-state index contributed by atoms with van der Waals surface area (Å²) in [4.78, 5) is 45.3. The smallest absolute Gasteiger partial charge is 0.310 e. The zero-order valence-corrected chi connectivity index (χ0v) is 23.6. The molecule has 6 atom stereocenters. The Hall–Kier alpha value is -1.80. The molecular weight excluding hydrogens is 488 g/mol. The molecule has 8 heteroatoms. The van der Waals surface area contributed by atoms with Gasteiger partial charge >= 0.3 is 5.97 Å². The predicted molar refractivity (Wildman–Crippen MR) is 148 cm³/mol. The number of rotatable bonds is 17. The number of aliphatic hydroxyl groups is 1. The highest BCUT2D eigenvalue weighted by Gasteiger charge is 2.76. The Balaban J connectivity index is 1.92. The summed E-state index contributed by atoms with van der Waals surface area (Å²) in [5, 5.41) is 9.22. The number of nitrogens with zero attached hydrogens (tertiary/aromatic N) is 2. The molecule has 0 aromatic carbocycles. The maximum absolute atomic E-state index is 14.3. The number of hydrogen-bond donors (Lipinski definition) is 1. The van der Waals surface area contributed by atoms with E-state index in [9.17, 15) is 19.5 Å². The van der Waals surface area contributed by atoms with Crippen molar-refractivity contribution in [2.24, 2.45) is 17.8 Å². The maximum Gasteiger partial charge on any atom is 0.310 e. The SMILES string of the molecule is C=CCCCOC(=O)[C@@H]1[C@H]2C(=O)N(CCCCCO)C(C(=O)N(CC=C)CCCCC)C23S[C@@H]1CC3C. The van der Waals surface area contributed by atoms with Gasteiger partial charge in [-0.1, -0.05) is 38.8 Å². The van der Waals surface area contributed by atoms with E-state index in [0.717, 1.165) is 44.9 Å². The number of carbonyl (C=O) groups is 3. The molecule has 0 aliphatic carbocycles. The predicted octanol–water partition coefficient (Wildman–Crippen LogP) is 4.20. The highest BCUT2D eigenvalue weighted by atomic mass is 32.2. The molecule has 0 radical (unpaired) electrons. The first-order valence-electron chi connectivity index (χ1n) is 14.1. The van der Waals surface area contributed by atoms with E-state index in [1.54, 1.807) is 28.8 Å². The number of esters is 1. The average molecular weight is 535 g/mol. The van der Waals surface area contributed by atoms with Crippen LogP contribution >= 0.6 is 11.8 Å². The second-order valence-corrected chi connectivity index (χ2v) is 12.3. The fraction of sp³-hybridized carbons (Fsp3) is 0.759. The third kappa shape index (κ3) is 5.95. The molecule has 0 aromatic heterocycles. The van der Waals surface area contributed by atoms with Crippen molar-refractivity contribution in [1.29, 1.82) is 0 Å². The summed E-state index contributed by atoms with van der Waals surface area (Å²) in [6.45, 7) is 13.9. The minimum absolute atomic E-state index is 0.00404. The molecule has 208 valence electrons. The number of allylic oxidation sites excluding steroid dienone is 1. The van der Waals surface area contributed by atoms with Gasteiger partial charge in [0.15, 0.2) is 0 Å². The summed E-state index contributed by atoms with van der Waals surface area (Å²) in [6.07, 6.45) is 11.0. The van der Waals surface area contributed by atoms with Gasteiger partial charge in [-0.3, -0.25) is 14.4 Å². The third-order valence-corrected chi connectivity index (χ3v) is 10.4. The van der Waals surface area contributed by atoms with Gasteiger partial charge in [-0.15, -0.1) is 24.9 Å². The van der Waals surface area contributed by atoms with E-state index in [-0.39, 0.29) is 35.6 Å². The zero-order valence-electron chi connectivity index (χ0n) is 22.7. The van der Waals surface area contributed by atoms with E-state index in [2.05, 4.69) is 27.0 Å². The van der Waals surface area contributed by atoms with Gasteiger partial charge in [-0.25, -0.2) is 0 Å². The number of ether oxygens (including phenoxy) is 1. The van der Waals surface area contributed by atoms with E-state index >= 15 is 0 Å². The highest BCUT2D eigenvalue weighted by molar-refractivity contribution is 8.02. The molecule has 3 aliphatic rings. The lowest BCUT2D eigenvalue weighted by molar-refractivity contribution is -0.154. The van der Waals surface area contributed by atoms with Crippen molar-refractivity contribution in [3.8, 4) is 0 Å². The molecule has 0 saturated carbocycles. The Morgan fingerprint density at radius 1 is 1.19 bits per heavy atom. The van der Waals surface area contributed by atoms with Crippen LogP contribution < -0.4 is 0 Å². The Morgan fingerprint density at radius 2 is 1.97 bits per heavy atom. The standard InChI is InChI=1S/C29H46N2O5S/c1-5-8-11-16-30(15-7-3)27(34)25-29-21(4)20-22(37-29)23(28(35)36-19-14-9-6-2)24(29)26(33)31(25)17-12-10-13-18-32/h6-7,21-25,32H,2-3,5,8-20H2,1,4H3/t21?,22-,23+,24+,25?,29?/m1/s1. The van der Waals surface area contributed by atoms with Crippen molar-refractivity contribution in [2.45, 2.75) is 87.7 Å². The first-order chi connectivity index (χ1) is 17.9. The number of unbranched alkanes of at least 4 members (excludes halogenated alkanes) is 5. The van der Waals surface area contributed by atoms with Crippen molar-refractivity contribution < 1.29 is 24.2 Å². The van der Waals surface area contributed by atoms with Gasteiger partial charge in [0.25, 0.3) is 0 Å². The van der Waals surface area contributed by atoms with E-state index < -0.39 is 22.6 Å². The van der Waals surface area contributed by atoms with Gasteiger partial charge in [-0.2, -0.15) is 0 Å². The van der Waals surface area contributed by atoms with Crippen molar-refractivity contribution in [3.63, 3.8) is 0 Å². The minimum Gasteiger partial charge on any atom is -0.465 e. The summed E-state index contributed by atoms with van der Waals surface area (Å²) in [6, 6.07) is -0.593. The third-order valence-electron chi connectivity index (χ3n) is 8.30. The van der Waals surface area contributed by atoms with Crippen LogP contribution in [0.2, 0.25) is 0 Å². The lowest BCUT2D eigenvalue weighted by Gasteiger charge is -2.40. The summed E-state index contributed by atoms with van der Waals surface area (Å²) in [5.41, 5.74) is 0. The molecule has 37 heavy (non-hydrogen) atoms. The molecular formula is C29H46N2O5S. The quantitative estimate of drug-likeness (QED) is 0.171. The number of amides is 2. The van der Waals surface area contributed by atoms with Crippen LogP contribution in [0.25, 0.3) is 0 Å². The van der Waals surface area contributed by atoms with Crippen LogP contribution in [0.15, 0.2) is 25.3 Å². The van der Waals surface area contributed by atoms with Crippen LogP contribution in [-0.2, 0) is 19.1 Å². The van der Waals surface area contributed by atoms with E-state index in [1.165, 1.54) is 0 Å². The van der Waals surface area contributed by atoms with Crippen LogP contribution in [0.3, 0.4) is 0 Å². The normalized spacial score (nSPS) is 29.9. The van der Waals surface area contributed by atoms with Crippen molar-refractivity contribution in [1.82, 2.24) is 9.80 Å². The van der Waals surface area contributed by atoms with Crippen molar-refractivity contribution in [3.05, 3.63) is 25.3 Å². The minimum atomic E-state index is -0.620. The van der Waals surface area contributed by atoms with E-state index in [1.807, 2.05) is 4.90 Å². The number of aliphatic hydroxyl groups excluding tert-OH is 1. The van der Waals surface area contributed by atoms with Gasteiger partial charge in [0.2, 0.25) is 11.8 Å². The Labute approximate surface area is 227 Å². The number of fused-ring (bicyclic) bond motifs is 1. The Morgan fingerprint density at radius 3 is 2.65 bits per heavy atom. The van der Waals surface area contributed by atoms with Crippen molar-refractivity contribution in [2.75, 3.05) is 32.8 Å². The fourth-order valence-corrected chi connectivity index (χ4v) is 8.95. The van der Waals surface area contributed by atoms with E-state index in [4.69, 9.17) is 4.74 Å². The first kappa shape index (κ1) is 29.8. The summed E-state index contributed by atoms with van der Waals surface area (Å²) < 4.78 is 5.04.